The van der Waals surface area contributed by atoms with Gasteiger partial charge in [-0.25, -0.2) is 0 Å². The average Bonchev–Trinajstić information content (AvgIpc) is 2.81. The summed E-state index contributed by atoms with van der Waals surface area (Å²) in [4.78, 5) is 25.5. The molecule has 0 spiro atoms. The predicted octanol–water partition coefficient (Wildman–Crippen LogP) is -0.0303. The van der Waals surface area contributed by atoms with Crippen LogP contribution in [0.1, 0.15) is 29.6 Å². The van der Waals surface area contributed by atoms with Gasteiger partial charge in [0.25, 0.3) is 5.91 Å². The molecule has 0 saturated carbocycles. The summed E-state index contributed by atoms with van der Waals surface area (Å²) in [6.45, 7) is 0.691. The summed E-state index contributed by atoms with van der Waals surface area (Å²) in [6.07, 6.45) is 5.08. The van der Waals surface area contributed by atoms with Gasteiger partial charge in [-0.1, -0.05) is 0 Å². The Bertz CT molecular complexity index is 476. The van der Waals surface area contributed by atoms with Gasteiger partial charge in [0, 0.05) is 13.0 Å². The van der Waals surface area contributed by atoms with Crippen LogP contribution < -0.4 is 5.32 Å². The van der Waals surface area contributed by atoms with E-state index >= 15 is 0 Å². The van der Waals surface area contributed by atoms with E-state index < -0.39 is 0 Å². The molecular formula is C12H14N4O2. The van der Waals surface area contributed by atoms with Crippen molar-refractivity contribution in [3.05, 3.63) is 24.0 Å². The zero-order valence-electron chi connectivity index (χ0n) is 9.87. The molecule has 6 nitrogen and oxygen atoms in total. The molecule has 2 fully saturated rings. The van der Waals surface area contributed by atoms with E-state index in [4.69, 9.17) is 0 Å². The SMILES string of the molecule is O=C1CC[C@H]2[C@@H](CCN2C(=O)c2ccnnc2)N1. The molecule has 0 bridgehead atoms. The van der Waals surface area contributed by atoms with Crippen molar-refractivity contribution in [3.63, 3.8) is 0 Å². The first-order valence-electron chi connectivity index (χ1n) is 6.13. The van der Waals surface area contributed by atoms with Crippen molar-refractivity contribution >= 4 is 11.8 Å². The van der Waals surface area contributed by atoms with E-state index in [-0.39, 0.29) is 23.9 Å². The van der Waals surface area contributed by atoms with E-state index in [1.54, 1.807) is 6.07 Å². The van der Waals surface area contributed by atoms with Gasteiger partial charge in [-0.2, -0.15) is 10.2 Å². The lowest BCUT2D eigenvalue weighted by Crippen LogP contribution is -2.50. The molecule has 1 aromatic heterocycles. The minimum Gasteiger partial charge on any atom is -0.351 e. The third-order valence-corrected chi connectivity index (χ3v) is 3.65. The fourth-order valence-electron chi connectivity index (χ4n) is 2.77. The van der Waals surface area contributed by atoms with Crippen LogP contribution in [-0.2, 0) is 4.79 Å². The summed E-state index contributed by atoms with van der Waals surface area (Å²) in [5, 5.41) is 10.3. The molecule has 2 saturated heterocycles. The summed E-state index contributed by atoms with van der Waals surface area (Å²) in [5.41, 5.74) is 0.558. The molecule has 2 aliphatic rings. The van der Waals surface area contributed by atoms with Crippen molar-refractivity contribution in [3.8, 4) is 0 Å². The van der Waals surface area contributed by atoms with E-state index in [0.717, 1.165) is 12.8 Å². The van der Waals surface area contributed by atoms with Crippen LogP contribution in [0.4, 0.5) is 0 Å². The van der Waals surface area contributed by atoms with Crippen molar-refractivity contribution in [1.29, 1.82) is 0 Å². The van der Waals surface area contributed by atoms with Gasteiger partial charge in [0.2, 0.25) is 5.91 Å². The molecule has 2 amide bonds. The van der Waals surface area contributed by atoms with Gasteiger partial charge in [-0.05, 0) is 18.9 Å². The Morgan fingerprint density at radius 3 is 3.06 bits per heavy atom. The van der Waals surface area contributed by atoms with Gasteiger partial charge < -0.3 is 10.2 Å². The summed E-state index contributed by atoms with van der Waals surface area (Å²) >= 11 is 0. The van der Waals surface area contributed by atoms with E-state index in [0.29, 0.717) is 18.5 Å². The molecule has 0 aliphatic carbocycles. The smallest absolute Gasteiger partial charge is 0.255 e. The molecule has 2 aliphatic heterocycles. The highest BCUT2D eigenvalue weighted by Gasteiger charge is 2.40. The quantitative estimate of drug-likeness (QED) is 0.755. The maximum atomic E-state index is 12.3. The first-order chi connectivity index (χ1) is 8.75. The summed E-state index contributed by atoms with van der Waals surface area (Å²) < 4.78 is 0. The largest absolute Gasteiger partial charge is 0.351 e. The molecule has 94 valence electrons. The van der Waals surface area contributed by atoms with Crippen LogP contribution in [0, 0.1) is 0 Å². The fraction of sp³-hybridized carbons (Fsp3) is 0.500. The second-order valence-corrected chi connectivity index (χ2v) is 4.70. The Hall–Kier alpha value is -1.98. The Kier molecular flexibility index (Phi) is 2.70. The van der Waals surface area contributed by atoms with Crippen molar-refractivity contribution < 1.29 is 9.59 Å². The number of aromatic nitrogens is 2. The van der Waals surface area contributed by atoms with Crippen LogP contribution in [-0.4, -0.2) is 45.5 Å². The minimum absolute atomic E-state index is 0.0199. The second-order valence-electron chi connectivity index (χ2n) is 4.70. The van der Waals surface area contributed by atoms with Crippen molar-refractivity contribution in [1.82, 2.24) is 20.4 Å². The van der Waals surface area contributed by atoms with Gasteiger partial charge in [0.05, 0.1) is 30.0 Å². The second kappa shape index (κ2) is 4.36. The zero-order valence-corrected chi connectivity index (χ0v) is 9.87. The number of rotatable bonds is 1. The molecule has 0 unspecified atom stereocenters. The predicted molar refractivity (Wildman–Crippen MR) is 62.6 cm³/mol. The number of carbonyl (C=O) groups is 2. The van der Waals surface area contributed by atoms with Crippen LogP contribution in [0.5, 0.6) is 0 Å². The van der Waals surface area contributed by atoms with Crippen LogP contribution in [0.25, 0.3) is 0 Å². The van der Waals surface area contributed by atoms with Crippen molar-refractivity contribution in [2.75, 3.05) is 6.54 Å². The van der Waals surface area contributed by atoms with E-state index in [9.17, 15) is 9.59 Å². The molecular weight excluding hydrogens is 232 g/mol. The Morgan fingerprint density at radius 1 is 1.39 bits per heavy atom. The normalized spacial score (nSPS) is 26.7. The lowest BCUT2D eigenvalue weighted by molar-refractivity contribution is -0.123. The fourth-order valence-corrected chi connectivity index (χ4v) is 2.77. The minimum atomic E-state index is -0.0199. The number of amides is 2. The average molecular weight is 246 g/mol. The summed E-state index contributed by atoms with van der Waals surface area (Å²) in [7, 11) is 0. The number of piperidine rings is 1. The molecule has 3 heterocycles. The first kappa shape index (κ1) is 11.1. The highest BCUT2D eigenvalue weighted by molar-refractivity contribution is 5.94. The highest BCUT2D eigenvalue weighted by Crippen LogP contribution is 2.26. The van der Waals surface area contributed by atoms with Gasteiger partial charge in [-0.15, -0.1) is 0 Å². The number of carbonyl (C=O) groups excluding carboxylic acids is 2. The van der Waals surface area contributed by atoms with Crippen molar-refractivity contribution in [2.45, 2.75) is 31.3 Å². The lowest BCUT2D eigenvalue weighted by atomic mass is 9.99. The van der Waals surface area contributed by atoms with Crippen LogP contribution >= 0.6 is 0 Å². The molecule has 1 N–H and O–H groups in total. The molecule has 6 heteroatoms. The Balaban J connectivity index is 1.78. The molecule has 0 radical (unpaired) electrons. The summed E-state index contributed by atoms with van der Waals surface area (Å²) in [6, 6.07) is 1.91. The molecule has 0 aromatic carbocycles. The third kappa shape index (κ3) is 1.83. The zero-order chi connectivity index (χ0) is 12.5. The van der Waals surface area contributed by atoms with Crippen molar-refractivity contribution in [2.24, 2.45) is 0 Å². The third-order valence-electron chi connectivity index (χ3n) is 3.65. The highest BCUT2D eigenvalue weighted by atomic mass is 16.2. The van der Waals surface area contributed by atoms with Gasteiger partial charge in [-0.3, -0.25) is 9.59 Å². The standard InChI is InChI=1S/C12H14N4O2/c17-11-2-1-10-9(15-11)4-6-16(10)12(18)8-3-5-13-14-7-8/h3,5,7,9-10H,1-2,4,6H2,(H,15,17)/t9-,10+/m1/s1. The monoisotopic (exact) mass is 246 g/mol. The van der Waals surface area contributed by atoms with E-state index in [1.165, 1.54) is 12.4 Å². The van der Waals surface area contributed by atoms with E-state index in [2.05, 4.69) is 15.5 Å². The van der Waals surface area contributed by atoms with Gasteiger partial charge in [0.15, 0.2) is 0 Å². The topological polar surface area (TPSA) is 75.2 Å². The Morgan fingerprint density at radius 2 is 2.28 bits per heavy atom. The molecule has 18 heavy (non-hydrogen) atoms. The maximum Gasteiger partial charge on any atom is 0.255 e. The van der Waals surface area contributed by atoms with Gasteiger partial charge >= 0.3 is 0 Å². The number of hydrogen-bond donors (Lipinski definition) is 1. The van der Waals surface area contributed by atoms with Crippen LogP contribution in [0.15, 0.2) is 18.5 Å². The molecule has 3 rings (SSSR count). The Labute approximate surface area is 104 Å². The maximum absolute atomic E-state index is 12.3. The summed E-state index contributed by atoms with van der Waals surface area (Å²) in [5.74, 6) is 0.0738. The number of fused-ring (bicyclic) bond motifs is 1. The van der Waals surface area contributed by atoms with E-state index in [1.807, 2.05) is 4.90 Å². The molecule has 2 atom stereocenters. The van der Waals surface area contributed by atoms with Crippen LogP contribution in [0.3, 0.4) is 0 Å². The van der Waals surface area contributed by atoms with Crippen LogP contribution in [0.2, 0.25) is 0 Å². The number of nitrogens with zero attached hydrogens (tertiary/aromatic N) is 3. The number of nitrogens with one attached hydrogen (secondary N) is 1. The number of likely N-dealkylation sites (tertiary alicyclic amines) is 1. The lowest BCUT2D eigenvalue weighted by Gasteiger charge is -2.31. The number of hydrogen-bond acceptors (Lipinski definition) is 4. The molecule has 1 aromatic rings. The first-order valence-corrected chi connectivity index (χ1v) is 6.13. The van der Waals surface area contributed by atoms with Gasteiger partial charge in [0.1, 0.15) is 0 Å².